The topological polar surface area (TPSA) is 100 Å². The first-order chi connectivity index (χ1) is 12.5. The molecule has 1 amide bonds. The average molecular weight is 351 g/mol. The van der Waals surface area contributed by atoms with E-state index in [0.29, 0.717) is 35.7 Å². The second-order valence-electron chi connectivity index (χ2n) is 6.13. The van der Waals surface area contributed by atoms with Crippen LogP contribution in [0, 0.1) is 28.4 Å². The van der Waals surface area contributed by atoms with Crippen molar-refractivity contribution in [1.82, 2.24) is 4.90 Å². The summed E-state index contributed by atoms with van der Waals surface area (Å²) < 4.78 is 5.67. The van der Waals surface area contributed by atoms with Crippen LogP contribution >= 0.6 is 0 Å². The normalized spacial score (nSPS) is 14.3. The highest BCUT2D eigenvalue weighted by Crippen LogP contribution is 2.29. The van der Waals surface area contributed by atoms with Gasteiger partial charge in [-0.05, 0) is 31.9 Å². The molecule has 0 radical (unpaired) electrons. The van der Waals surface area contributed by atoms with Crippen LogP contribution in [0.25, 0.3) is 17.4 Å². The number of benzene rings is 1. The zero-order valence-corrected chi connectivity index (χ0v) is 14.3. The van der Waals surface area contributed by atoms with E-state index >= 15 is 0 Å². The Bertz CT molecular complexity index is 931. The van der Waals surface area contributed by atoms with Crippen molar-refractivity contribution in [3.05, 3.63) is 57.3 Å². The smallest absolute Gasteiger partial charge is 0.273 e. The molecule has 2 aromatic rings. The molecule has 1 aromatic carbocycles. The number of nitriles is 1. The molecule has 2 heterocycles. The second-order valence-corrected chi connectivity index (χ2v) is 6.13. The van der Waals surface area contributed by atoms with Gasteiger partial charge in [-0.1, -0.05) is 12.1 Å². The molecule has 0 N–H and O–H groups in total. The van der Waals surface area contributed by atoms with Gasteiger partial charge >= 0.3 is 0 Å². The van der Waals surface area contributed by atoms with E-state index < -0.39 is 4.92 Å². The lowest BCUT2D eigenvalue weighted by molar-refractivity contribution is -0.385. The summed E-state index contributed by atoms with van der Waals surface area (Å²) in [6, 6.07) is 10.1. The number of nitrogens with zero attached hydrogens (tertiary/aromatic N) is 3. The summed E-state index contributed by atoms with van der Waals surface area (Å²) in [6.07, 6.45) is 3.30. The van der Waals surface area contributed by atoms with Crippen LogP contribution in [0.15, 0.2) is 40.3 Å². The molecule has 0 unspecified atom stereocenters. The Morgan fingerprint density at radius 1 is 1.31 bits per heavy atom. The highest BCUT2D eigenvalue weighted by Gasteiger charge is 2.22. The molecule has 132 valence electrons. The van der Waals surface area contributed by atoms with Crippen LogP contribution in [-0.2, 0) is 4.79 Å². The molecule has 0 saturated carbocycles. The van der Waals surface area contributed by atoms with Gasteiger partial charge in [0.05, 0.1) is 4.92 Å². The molecule has 1 aromatic heterocycles. The van der Waals surface area contributed by atoms with Crippen LogP contribution in [0.2, 0.25) is 0 Å². The quantitative estimate of drug-likeness (QED) is 0.362. The molecule has 7 nitrogen and oxygen atoms in total. The van der Waals surface area contributed by atoms with Crippen LogP contribution in [0.5, 0.6) is 0 Å². The number of hydrogen-bond acceptors (Lipinski definition) is 5. The maximum atomic E-state index is 12.3. The number of likely N-dealkylation sites (tertiary alicyclic amines) is 1. The third kappa shape index (κ3) is 3.49. The van der Waals surface area contributed by atoms with Gasteiger partial charge in [0.15, 0.2) is 0 Å². The van der Waals surface area contributed by atoms with Gasteiger partial charge in [-0.3, -0.25) is 14.9 Å². The highest BCUT2D eigenvalue weighted by molar-refractivity contribution is 6.01. The van der Waals surface area contributed by atoms with Gasteiger partial charge in [-0.2, -0.15) is 5.26 Å². The van der Waals surface area contributed by atoms with Crippen LogP contribution in [-0.4, -0.2) is 28.8 Å². The van der Waals surface area contributed by atoms with E-state index in [0.717, 1.165) is 12.8 Å². The van der Waals surface area contributed by atoms with Gasteiger partial charge in [-0.25, -0.2) is 0 Å². The molecule has 1 aliphatic rings. The minimum atomic E-state index is -0.439. The fourth-order valence-electron chi connectivity index (χ4n) is 2.92. The molecule has 0 bridgehead atoms. The fraction of sp³-hybridized carbons (Fsp3) is 0.263. The van der Waals surface area contributed by atoms with Crippen molar-refractivity contribution in [3.8, 4) is 17.4 Å². The monoisotopic (exact) mass is 351 g/mol. The molecule has 1 aliphatic heterocycles. The standard InChI is InChI=1S/C19H17N3O4/c1-13-4-5-14(11-17(13)22(24)25)18-7-6-16(26-18)10-15(12-20)19(23)21-8-2-3-9-21/h4-7,10-11H,2-3,8-9H2,1H3/b15-10+. The molecule has 0 spiro atoms. The molecule has 26 heavy (non-hydrogen) atoms. The number of carbonyl (C=O) groups is 1. The Morgan fingerprint density at radius 2 is 2.04 bits per heavy atom. The van der Waals surface area contributed by atoms with Crippen LogP contribution in [0.3, 0.4) is 0 Å². The number of furan rings is 1. The minimum absolute atomic E-state index is 0.0120. The van der Waals surface area contributed by atoms with Crippen molar-refractivity contribution >= 4 is 17.7 Å². The van der Waals surface area contributed by atoms with E-state index in [1.54, 1.807) is 36.1 Å². The minimum Gasteiger partial charge on any atom is -0.457 e. The van der Waals surface area contributed by atoms with E-state index in [1.165, 1.54) is 12.1 Å². The maximum Gasteiger partial charge on any atom is 0.273 e. The maximum absolute atomic E-state index is 12.3. The summed E-state index contributed by atoms with van der Waals surface area (Å²) in [4.78, 5) is 24.6. The molecular formula is C19H17N3O4. The molecule has 1 saturated heterocycles. The zero-order valence-electron chi connectivity index (χ0n) is 14.3. The number of carbonyl (C=O) groups excluding carboxylic acids is 1. The van der Waals surface area contributed by atoms with Gasteiger partial charge in [0, 0.05) is 36.4 Å². The molecular weight excluding hydrogens is 334 g/mol. The summed E-state index contributed by atoms with van der Waals surface area (Å²) in [5.41, 5.74) is 1.15. The van der Waals surface area contributed by atoms with E-state index in [-0.39, 0.29) is 17.2 Å². The largest absolute Gasteiger partial charge is 0.457 e. The summed E-state index contributed by atoms with van der Waals surface area (Å²) in [5, 5.41) is 20.4. The lowest BCUT2D eigenvalue weighted by atomic mass is 10.1. The molecule has 0 atom stereocenters. The van der Waals surface area contributed by atoms with E-state index in [2.05, 4.69) is 0 Å². The average Bonchev–Trinajstić information content (AvgIpc) is 3.31. The molecule has 7 heteroatoms. The first-order valence-electron chi connectivity index (χ1n) is 8.26. The lowest BCUT2D eigenvalue weighted by Gasteiger charge is -2.13. The van der Waals surface area contributed by atoms with Crippen molar-refractivity contribution in [2.45, 2.75) is 19.8 Å². The summed E-state index contributed by atoms with van der Waals surface area (Å²) in [7, 11) is 0. The van der Waals surface area contributed by atoms with Gasteiger partial charge in [0.25, 0.3) is 11.6 Å². The predicted octanol–water partition coefficient (Wildman–Crippen LogP) is 3.69. The first kappa shape index (κ1) is 17.4. The number of rotatable bonds is 4. The number of hydrogen-bond donors (Lipinski definition) is 0. The molecule has 3 rings (SSSR count). The Kier molecular flexibility index (Phi) is 4.85. The number of amides is 1. The Balaban J connectivity index is 1.87. The lowest BCUT2D eigenvalue weighted by Crippen LogP contribution is -2.28. The Labute approximate surface area is 150 Å². The van der Waals surface area contributed by atoms with Crippen molar-refractivity contribution in [2.24, 2.45) is 0 Å². The molecule has 0 aliphatic carbocycles. The van der Waals surface area contributed by atoms with Crippen molar-refractivity contribution in [1.29, 1.82) is 5.26 Å². The summed E-state index contributed by atoms with van der Waals surface area (Å²) in [5.74, 6) is 0.492. The predicted molar refractivity (Wildman–Crippen MR) is 94.9 cm³/mol. The van der Waals surface area contributed by atoms with Crippen molar-refractivity contribution in [2.75, 3.05) is 13.1 Å². The van der Waals surface area contributed by atoms with Gasteiger partial charge < -0.3 is 9.32 Å². The summed E-state index contributed by atoms with van der Waals surface area (Å²) in [6.45, 7) is 2.99. The van der Waals surface area contributed by atoms with Crippen LogP contribution < -0.4 is 0 Å². The second kappa shape index (κ2) is 7.23. The Morgan fingerprint density at radius 3 is 2.69 bits per heavy atom. The third-order valence-corrected chi connectivity index (χ3v) is 4.35. The van der Waals surface area contributed by atoms with E-state index in [1.807, 2.05) is 6.07 Å². The van der Waals surface area contributed by atoms with Crippen molar-refractivity contribution in [3.63, 3.8) is 0 Å². The number of nitro groups is 1. The summed E-state index contributed by atoms with van der Waals surface area (Å²) >= 11 is 0. The van der Waals surface area contributed by atoms with Gasteiger partial charge in [0.2, 0.25) is 0 Å². The van der Waals surface area contributed by atoms with Crippen LogP contribution in [0.4, 0.5) is 5.69 Å². The zero-order chi connectivity index (χ0) is 18.7. The van der Waals surface area contributed by atoms with Crippen LogP contribution in [0.1, 0.15) is 24.2 Å². The first-order valence-corrected chi connectivity index (χ1v) is 8.26. The van der Waals surface area contributed by atoms with Crippen molar-refractivity contribution < 1.29 is 14.1 Å². The fourth-order valence-corrected chi connectivity index (χ4v) is 2.92. The highest BCUT2D eigenvalue weighted by atomic mass is 16.6. The third-order valence-electron chi connectivity index (χ3n) is 4.35. The van der Waals surface area contributed by atoms with E-state index in [4.69, 9.17) is 4.42 Å². The number of aryl methyl sites for hydroxylation is 1. The SMILES string of the molecule is Cc1ccc(-c2ccc(/C=C(\C#N)C(=O)N3CCCC3)o2)cc1[N+](=O)[O-]. The van der Waals surface area contributed by atoms with Gasteiger partial charge in [-0.15, -0.1) is 0 Å². The Hall–Kier alpha value is -3.40. The molecule has 1 fully saturated rings. The van der Waals surface area contributed by atoms with E-state index in [9.17, 15) is 20.2 Å². The number of nitro benzene ring substituents is 1. The van der Waals surface area contributed by atoms with Gasteiger partial charge in [0.1, 0.15) is 23.2 Å².